The molecule has 0 radical (unpaired) electrons. The number of nitrogens with zero attached hydrogens (tertiary/aromatic N) is 1. The van der Waals surface area contributed by atoms with Gasteiger partial charge in [0, 0.05) is 26.2 Å². The van der Waals surface area contributed by atoms with Crippen LogP contribution in [0.25, 0.3) is 0 Å². The summed E-state index contributed by atoms with van der Waals surface area (Å²) in [5.41, 5.74) is 0. The zero-order valence-electron chi connectivity index (χ0n) is 11.5. The van der Waals surface area contributed by atoms with Gasteiger partial charge in [0.15, 0.2) is 0 Å². The smallest absolute Gasteiger partial charge is 0.234 e. The Morgan fingerprint density at radius 2 is 2.00 bits per heavy atom. The van der Waals surface area contributed by atoms with Gasteiger partial charge >= 0.3 is 0 Å². The van der Waals surface area contributed by atoms with Crippen LogP contribution in [-0.2, 0) is 9.53 Å². The fraction of sp³-hybridized carbons (Fsp3) is 0.923. The van der Waals surface area contributed by atoms with Crippen molar-refractivity contribution in [1.29, 1.82) is 0 Å². The Labute approximate surface area is 110 Å². The first-order chi connectivity index (χ1) is 8.83. The van der Waals surface area contributed by atoms with Crippen molar-refractivity contribution >= 4 is 5.91 Å². The predicted molar refractivity (Wildman–Crippen MR) is 72.7 cm³/mol. The van der Waals surface area contributed by atoms with E-state index in [1.165, 1.54) is 12.8 Å². The second-order valence-corrected chi connectivity index (χ2v) is 4.69. The SMILES string of the molecule is CCCCCNCC(=O)NCCN1CCOCC1. The Bertz CT molecular complexity index is 218. The maximum Gasteiger partial charge on any atom is 0.234 e. The number of rotatable bonds is 9. The molecule has 5 heteroatoms. The Kier molecular flexibility index (Phi) is 8.81. The van der Waals surface area contributed by atoms with E-state index in [4.69, 9.17) is 4.74 Å². The Morgan fingerprint density at radius 1 is 1.22 bits per heavy atom. The number of carbonyl (C=O) groups is 1. The number of amides is 1. The van der Waals surface area contributed by atoms with Crippen LogP contribution < -0.4 is 10.6 Å². The van der Waals surface area contributed by atoms with Gasteiger partial charge in [-0.3, -0.25) is 9.69 Å². The third-order valence-electron chi connectivity index (χ3n) is 3.10. The summed E-state index contributed by atoms with van der Waals surface area (Å²) in [6.45, 7) is 8.78. The topological polar surface area (TPSA) is 53.6 Å². The Hall–Kier alpha value is -0.650. The van der Waals surface area contributed by atoms with Crippen molar-refractivity contribution in [2.45, 2.75) is 26.2 Å². The summed E-state index contributed by atoms with van der Waals surface area (Å²) in [7, 11) is 0. The molecule has 0 saturated carbocycles. The van der Waals surface area contributed by atoms with Crippen LogP contribution in [0, 0.1) is 0 Å². The van der Waals surface area contributed by atoms with E-state index >= 15 is 0 Å². The summed E-state index contributed by atoms with van der Waals surface area (Å²) in [6.07, 6.45) is 3.59. The minimum absolute atomic E-state index is 0.0970. The van der Waals surface area contributed by atoms with E-state index in [0.717, 1.165) is 52.4 Å². The van der Waals surface area contributed by atoms with E-state index < -0.39 is 0 Å². The number of nitrogens with one attached hydrogen (secondary N) is 2. The molecule has 1 rings (SSSR count). The molecule has 106 valence electrons. The molecule has 0 aliphatic carbocycles. The molecule has 18 heavy (non-hydrogen) atoms. The van der Waals surface area contributed by atoms with E-state index in [-0.39, 0.29) is 5.91 Å². The third-order valence-corrected chi connectivity index (χ3v) is 3.10. The Morgan fingerprint density at radius 3 is 2.72 bits per heavy atom. The van der Waals surface area contributed by atoms with Gasteiger partial charge in [0.2, 0.25) is 5.91 Å². The number of morpholine rings is 1. The first-order valence-electron chi connectivity index (χ1n) is 7.10. The van der Waals surface area contributed by atoms with Crippen LogP contribution in [0.15, 0.2) is 0 Å². The molecule has 1 heterocycles. The minimum atomic E-state index is 0.0970. The summed E-state index contributed by atoms with van der Waals surface area (Å²) in [4.78, 5) is 13.8. The number of hydrogen-bond donors (Lipinski definition) is 2. The quantitative estimate of drug-likeness (QED) is 0.580. The molecule has 2 N–H and O–H groups in total. The summed E-state index contributed by atoms with van der Waals surface area (Å²) < 4.78 is 5.27. The van der Waals surface area contributed by atoms with Gasteiger partial charge in [-0.05, 0) is 13.0 Å². The number of unbranched alkanes of at least 4 members (excludes halogenated alkanes) is 2. The van der Waals surface area contributed by atoms with Crippen molar-refractivity contribution in [3.05, 3.63) is 0 Å². The minimum Gasteiger partial charge on any atom is -0.379 e. The lowest BCUT2D eigenvalue weighted by molar-refractivity contribution is -0.120. The highest BCUT2D eigenvalue weighted by Gasteiger charge is 2.09. The van der Waals surface area contributed by atoms with Crippen molar-refractivity contribution in [3.63, 3.8) is 0 Å². The largest absolute Gasteiger partial charge is 0.379 e. The maximum atomic E-state index is 11.5. The van der Waals surface area contributed by atoms with Crippen molar-refractivity contribution in [3.8, 4) is 0 Å². The van der Waals surface area contributed by atoms with Gasteiger partial charge in [0.05, 0.1) is 19.8 Å². The molecule has 0 aromatic rings. The molecule has 0 unspecified atom stereocenters. The molecule has 0 bridgehead atoms. The molecule has 0 spiro atoms. The average Bonchev–Trinajstić information content (AvgIpc) is 2.40. The fourth-order valence-electron chi connectivity index (χ4n) is 1.94. The number of hydrogen-bond acceptors (Lipinski definition) is 4. The lowest BCUT2D eigenvalue weighted by Gasteiger charge is -2.26. The van der Waals surface area contributed by atoms with Crippen LogP contribution in [0.1, 0.15) is 26.2 Å². The molecule has 1 aliphatic heterocycles. The van der Waals surface area contributed by atoms with Gasteiger partial charge in [-0.1, -0.05) is 19.8 Å². The first-order valence-corrected chi connectivity index (χ1v) is 7.10. The highest BCUT2D eigenvalue weighted by atomic mass is 16.5. The van der Waals surface area contributed by atoms with Crippen molar-refractivity contribution < 1.29 is 9.53 Å². The van der Waals surface area contributed by atoms with Gasteiger partial charge in [-0.15, -0.1) is 0 Å². The Balaban J connectivity index is 1.89. The van der Waals surface area contributed by atoms with Crippen LogP contribution >= 0.6 is 0 Å². The predicted octanol–water partition coefficient (Wildman–Crippen LogP) is 0.215. The molecule has 1 saturated heterocycles. The van der Waals surface area contributed by atoms with Crippen molar-refractivity contribution in [2.24, 2.45) is 0 Å². The van der Waals surface area contributed by atoms with E-state index in [1.807, 2.05) is 0 Å². The summed E-state index contributed by atoms with van der Waals surface area (Å²) in [5, 5.41) is 6.10. The molecule has 0 aromatic carbocycles. The van der Waals surface area contributed by atoms with Crippen LogP contribution in [0.2, 0.25) is 0 Å². The van der Waals surface area contributed by atoms with E-state index in [1.54, 1.807) is 0 Å². The van der Waals surface area contributed by atoms with Crippen molar-refractivity contribution in [2.75, 3.05) is 52.5 Å². The zero-order chi connectivity index (χ0) is 13.1. The average molecular weight is 257 g/mol. The van der Waals surface area contributed by atoms with Gasteiger partial charge in [-0.2, -0.15) is 0 Å². The third kappa shape index (κ3) is 7.63. The lowest BCUT2D eigenvalue weighted by Crippen LogP contribution is -2.43. The monoisotopic (exact) mass is 257 g/mol. The van der Waals surface area contributed by atoms with Gasteiger partial charge in [0.1, 0.15) is 0 Å². The molecule has 0 aromatic heterocycles. The summed E-state index contributed by atoms with van der Waals surface area (Å²) >= 11 is 0. The molecule has 1 amide bonds. The van der Waals surface area contributed by atoms with Crippen LogP contribution in [0.4, 0.5) is 0 Å². The van der Waals surface area contributed by atoms with E-state index in [9.17, 15) is 4.79 Å². The second kappa shape index (κ2) is 10.3. The maximum absolute atomic E-state index is 11.5. The zero-order valence-corrected chi connectivity index (χ0v) is 11.5. The molecular formula is C13H27N3O2. The lowest BCUT2D eigenvalue weighted by atomic mass is 10.2. The van der Waals surface area contributed by atoms with Crippen LogP contribution in [0.5, 0.6) is 0 Å². The molecule has 0 atom stereocenters. The van der Waals surface area contributed by atoms with Crippen LogP contribution in [-0.4, -0.2) is 63.3 Å². The standard InChI is InChI=1S/C13H27N3O2/c1-2-3-4-5-14-12-13(17)15-6-7-16-8-10-18-11-9-16/h14H,2-12H2,1H3,(H,15,17). The van der Waals surface area contributed by atoms with Crippen molar-refractivity contribution in [1.82, 2.24) is 15.5 Å². The first kappa shape index (κ1) is 15.4. The van der Waals surface area contributed by atoms with E-state index in [0.29, 0.717) is 6.54 Å². The fourth-order valence-corrected chi connectivity index (χ4v) is 1.94. The summed E-state index contributed by atoms with van der Waals surface area (Å²) in [5.74, 6) is 0.0970. The van der Waals surface area contributed by atoms with Gasteiger partial charge < -0.3 is 15.4 Å². The number of carbonyl (C=O) groups excluding carboxylic acids is 1. The molecule has 1 fully saturated rings. The highest BCUT2D eigenvalue weighted by molar-refractivity contribution is 5.77. The van der Waals surface area contributed by atoms with Gasteiger partial charge in [-0.25, -0.2) is 0 Å². The second-order valence-electron chi connectivity index (χ2n) is 4.69. The normalized spacial score (nSPS) is 16.7. The summed E-state index contributed by atoms with van der Waals surface area (Å²) in [6, 6.07) is 0. The van der Waals surface area contributed by atoms with Gasteiger partial charge in [0.25, 0.3) is 0 Å². The highest BCUT2D eigenvalue weighted by Crippen LogP contribution is 1.94. The molecule has 1 aliphatic rings. The molecular weight excluding hydrogens is 230 g/mol. The molecule has 5 nitrogen and oxygen atoms in total. The van der Waals surface area contributed by atoms with E-state index in [2.05, 4.69) is 22.5 Å². The number of ether oxygens (including phenoxy) is 1. The van der Waals surface area contributed by atoms with Crippen LogP contribution in [0.3, 0.4) is 0 Å².